The fraction of sp³-hybridized carbons (Fsp3) is 0.538. The van der Waals surface area contributed by atoms with Gasteiger partial charge in [-0.3, -0.25) is 0 Å². The Bertz CT molecular complexity index is 341. The van der Waals surface area contributed by atoms with Gasteiger partial charge in [0.05, 0.1) is 20.3 Å². The lowest BCUT2D eigenvalue weighted by Gasteiger charge is -2.13. The Hall–Kier alpha value is -1.26. The van der Waals surface area contributed by atoms with Crippen LogP contribution in [0.4, 0.5) is 0 Å². The fourth-order valence-electron chi connectivity index (χ4n) is 1.45. The van der Waals surface area contributed by atoms with E-state index in [-0.39, 0.29) is 12.6 Å². The molecular weight excluding hydrogens is 218 g/mol. The number of aliphatic hydroxyl groups excluding tert-OH is 1. The Kier molecular flexibility index (Phi) is 5.80. The first-order valence-corrected chi connectivity index (χ1v) is 5.85. The highest BCUT2D eigenvalue weighted by molar-refractivity contribution is 5.42. The molecule has 0 aliphatic heterocycles. The Morgan fingerprint density at radius 2 is 2.12 bits per heavy atom. The molecule has 0 unspecified atom stereocenters. The van der Waals surface area contributed by atoms with Crippen LogP contribution >= 0.6 is 0 Å². The third-order valence-electron chi connectivity index (χ3n) is 2.46. The van der Waals surface area contributed by atoms with E-state index in [0.29, 0.717) is 13.2 Å². The minimum atomic E-state index is 0.0903. The van der Waals surface area contributed by atoms with E-state index in [4.69, 9.17) is 14.6 Å². The van der Waals surface area contributed by atoms with E-state index in [0.717, 1.165) is 17.1 Å². The van der Waals surface area contributed by atoms with Crippen LogP contribution < -0.4 is 14.8 Å². The largest absolute Gasteiger partial charge is 0.493 e. The molecule has 0 saturated carbocycles. The van der Waals surface area contributed by atoms with Gasteiger partial charge in [0.25, 0.3) is 0 Å². The minimum Gasteiger partial charge on any atom is -0.493 e. The molecule has 17 heavy (non-hydrogen) atoms. The number of methoxy groups -OCH3 is 1. The summed E-state index contributed by atoms with van der Waals surface area (Å²) in [6.07, 6.45) is 0. The number of nitrogens with one attached hydrogen (secondary N) is 1. The van der Waals surface area contributed by atoms with E-state index in [1.165, 1.54) is 0 Å². The van der Waals surface area contributed by atoms with Gasteiger partial charge in [-0.2, -0.15) is 0 Å². The smallest absolute Gasteiger partial charge is 0.161 e. The highest BCUT2D eigenvalue weighted by Gasteiger charge is 2.06. The lowest BCUT2D eigenvalue weighted by molar-refractivity contribution is 0.251. The second kappa shape index (κ2) is 7.14. The van der Waals surface area contributed by atoms with Gasteiger partial charge in [0.15, 0.2) is 11.5 Å². The predicted molar refractivity (Wildman–Crippen MR) is 67.6 cm³/mol. The van der Waals surface area contributed by atoms with Crippen molar-refractivity contribution in [3.63, 3.8) is 0 Å². The number of ether oxygens (including phenoxy) is 2. The van der Waals surface area contributed by atoms with Gasteiger partial charge in [-0.25, -0.2) is 0 Å². The van der Waals surface area contributed by atoms with Crippen LogP contribution in [0.2, 0.25) is 0 Å². The number of benzene rings is 1. The lowest BCUT2D eigenvalue weighted by atomic mass is 10.2. The van der Waals surface area contributed by atoms with Crippen molar-refractivity contribution in [2.75, 3.05) is 20.3 Å². The summed E-state index contributed by atoms with van der Waals surface area (Å²) >= 11 is 0. The van der Waals surface area contributed by atoms with Gasteiger partial charge in [-0.15, -0.1) is 0 Å². The monoisotopic (exact) mass is 239 g/mol. The molecule has 0 aromatic heterocycles. The first kappa shape index (κ1) is 13.8. The summed E-state index contributed by atoms with van der Waals surface area (Å²) in [5.74, 6) is 1.50. The standard InChI is InChI=1S/C13H21NO3/c1-4-17-12-6-5-11(7-13(12)16-3)8-14-10(2)9-15/h5-7,10,14-15H,4,8-9H2,1-3H3/t10-/m1/s1. The van der Waals surface area contributed by atoms with Crippen LogP contribution in [-0.2, 0) is 6.54 Å². The number of hydrogen-bond donors (Lipinski definition) is 2. The van der Waals surface area contributed by atoms with Gasteiger partial charge in [-0.1, -0.05) is 6.07 Å². The highest BCUT2D eigenvalue weighted by Crippen LogP contribution is 2.27. The maximum absolute atomic E-state index is 8.92. The molecule has 1 atom stereocenters. The zero-order valence-electron chi connectivity index (χ0n) is 10.7. The molecule has 0 fully saturated rings. The molecule has 0 aliphatic rings. The quantitative estimate of drug-likeness (QED) is 0.758. The molecule has 1 aromatic carbocycles. The fourth-order valence-corrected chi connectivity index (χ4v) is 1.45. The molecule has 0 heterocycles. The van der Waals surface area contributed by atoms with Crippen molar-refractivity contribution < 1.29 is 14.6 Å². The third kappa shape index (κ3) is 4.24. The summed E-state index contributed by atoms with van der Waals surface area (Å²) in [5.41, 5.74) is 1.10. The van der Waals surface area contributed by atoms with Crippen molar-refractivity contribution in [1.82, 2.24) is 5.32 Å². The van der Waals surface area contributed by atoms with E-state index in [2.05, 4.69) is 5.32 Å². The van der Waals surface area contributed by atoms with Crippen LogP contribution in [0.5, 0.6) is 11.5 Å². The normalized spacial score (nSPS) is 12.2. The number of rotatable bonds is 7. The predicted octanol–water partition coefficient (Wildman–Crippen LogP) is 1.56. The van der Waals surface area contributed by atoms with E-state index < -0.39 is 0 Å². The summed E-state index contributed by atoms with van der Waals surface area (Å²) in [4.78, 5) is 0. The van der Waals surface area contributed by atoms with Crippen LogP contribution in [0.25, 0.3) is 0 Å². The summed E-state index contributed by atoms with van der Waals surface area (Å²) in [7, 11) is 1.63. The van der Waals surface area contributed by atoms with Crippen molar-refractivity contribution in [1.29, 1.82) is 0 Å². The van der Waals surface area contributed by atoms with Crippen LogP contribution in [-0.4, -0.2) is 31.5 Å². The van der Waals surface area contributed by atoms with Crippen molar-refractivity contribution in [3.8, 4) is 11.5 Å². The summed E-state index contributed by atoms with van der Waals surface area (Å²) in [6.45, 7) is 5.33. The molecule has 0 amide bonds. The molecule has 0 aliphatic carbocycles. The maximum atomic E-state index is 8.92. The number of aliphatic hydroxyl groups is 1. The van der Waals surface area contributed by atoms with Crippen molar-refractivity contribution >= 4 is 0 Å². The van der Waals surface area contributed by atoms with Crippen molar-refractivity contribution in [2.45, 2.75) is 26.4 Å². The molecule has 0 radical (unpaired) electrons. The Morgan fingerprint density at radius 1 is 1.35 bits per heavy atom. The zero-order chi connectivity index (χ0) is 12.7. The molecule has 0 spiro atoms. The van der Waals surface area contributed by atoms with E-state index in [1.54, 1.807) is 7.11 Å². The van der Waals surface area contributed by atoms with E-state index >= 15 is 0 Å². The Balaban J connectivity index is 2.68. The highest BCUT2D eigenvalue weighted by atomic mass is 16.5. The minimum absolute atomic E-state index is 0.0903. The average Bonchev–Trinajstić information content (AvgIpc) is 2.37. The molecule has 1 aromatic rings. The van der Waals surface area contributed by atoms with Crippen LogP contribution in [0.1, 0.15) is 19.4 Å². The topological polar surface area (TPSA) is 50.7 Å². The molecular formula is C13H21NO3. The second-order valence-electron chi connectivity index (χ2n) is 3.88. The van der Waals surface area contributed by atoms with Gasteiger partial charge < -0.3 is 19.9 Å². The SMILES string of the molecule is CCOc1ccc(CN[C@H](C)CO)cc1OC. The second-order valence-corrected chi connectivity index (χ2v) is 3.88. The van der Waals surface area contributed by atoms with Crippen LogP contribution in [0.3, 0.4) is 0 Å². The van der Waals surface area contributed by atoms with E-state index in [9.17, 15) is 0 Å². The van der Waals surface area contributed by atoms with E-state index in [1.807, 2.05) is 32.0 Å². The Labute approximate surface area is 103 Å². The molecule has 0 bridgehead atoms. The average molecular weight is 239 g/mol. The van der Waals surface area contributed by atoms with Crippen molar-refractivity contribution in [2.24, 2.45) is 0 Å². The summed E-state index contributed by atoms with van der Waals surface area (Å²) < 4.78 is 10.7. The van der Waals surface area contributed by atoms with Gasteiger partial charge >= 0.3 is 0 Å². The molecule has 1 rings (SSSR count). The first-order chi connectivity index (χ1) is 8.21. The first-order valence-electron chi connectivity index (χ1n) is 5.85. The van der Waals surface area contributed by atoms with Crippen molar-refractivity contribution in [3.05, 3.63) is 23.8 Å². The maximum Gasteiger partial charge on any atom is 0.161 e. The number of hydrogen-bond acceptors (Lipinski definition) is 4. The van der Waals surface area contributed by atoms with Gasteiger partial charge in [0, 0.05) is 12.6 Å². The summed E-state index contributed by atoms with van der Waals surface area (Å²) in [6, 6.07) is 5.93. The molecule has 2 N–H and O–H groups in total. The van der Waals surface area contributed by atoms with Crippen LogP contribution in [0, 0.1) is 0 Å². The molecule has 96 valence electrons. The lowest BCUT2D eigenvalue weighted by Crippen LogP contribution is -2.28. The molecule has 0 saturated heterocycles. The summed E-state index contributed by atoms with van der Waals surface area (Å²) in [5, 5.41) is 12.1. The zero-order valence-corrected chi connectivity index (χ0v) is 10.7. The Morgan fingerprint density at radius 3 is 2.71 bits per heavy atom. The van der Waals surface area contributed by atoms with Gasteiger partial charge in [-0.05, 0) is 31.5 Å². The van der Waals surface area contributed by atoms with Gasteiger partial charge in [0.2, 0.25) is 0 Å². The third-order valence-corrected chi connectivity index (χ3v) is 2.46. The van der Waals surface area contributed by atoms with Crippen LogP contribution in [0.15, 0.2) is 18.2 Å². The molecule has 4 heteroatoms. The molecule has 4 nitrogen and oxygen atoms in total. The van der Waals surface area contributed by atoms with Gasteiger partial charge in [0.1, 0.15) is 0 Å².